The standard InChI is InChI=1S/C9H17NO/c1-9(2,3)7-5-4-6-10-8(7)11/h7H,4-6H2,1-3H3,(H,10,11)/t7-/m0/s1. The van der Waals surface area contributed by atoms with Crippen LogP contribution in [0.3, 0.4) is 0 Å². The summed E-state index contributed by atoms with van der Waals surface area (Å²) < 4.78 is 0. The van der Waals surface area contributed by atoms with E-state index in [2.05, 4.69) is 26.1 Å². The molecule has 11 heavy (non-hydrogen) atoms. The van der Waals surface area contributed by atoms with Gasteiger partial charge in [0.1, 0.15) is 0 Å². The van der Waals surface area contributed by atoms with Crippen LogP contribution in [-0.4, -0.2) is 12.5 Å². The van der Waals surface area contributed by atoms with Crippen LogP contribution < -0.4 is 5.32 Å². The number of nitrogens with one attached hydrogen (secondary N) is 1. The van der Waals surface area contributed by atoms with Crippen molar-refractivity contribution in [2.45, 2.75) is 33.6 Å². The molecule has 1 fully saturated rings. The van der Waals surface area contributed by atoms with E-state index in [4.69, 9.17) is 0 Å². The predicted molar refractivity (Wildman–Crippen MR) is 45.2 cm³/mol. The molecule has 1 saturated heterocycles. The molecule has 0 saturated carbocycles. The third-order valence-electron chi connectivity index (χ3n) is 2.33. The molecule has 1 rings (SSSR count). The van der Waals surface area contributed by atoms with Gasteiger partial charge in [-0.3, -0.25) is 4.79 Å². The minimum absolute atomic E-state index is 0.129. The van der Waals surface area contributed by atoms with Crippen LogP contribution in [0.2, 0.25) is 0 Å². The van der Waals surface area contributed by atoms with Gasteiger partial charge in [-0.2, -0.15) is 0 Å². The summed E-state index contributed by atoms with van der Waals surface area (Å²) in [4.78, 5) is 11.3. The number of rotatable bonds is 0. The number of carbonyl (C=O) groups is 1. The van der Waals surface area contributed by atoms with Crippen LogP contribution in [0, 0.1) is 11.3 Å². The molecule has 0 aromatic heterocycles. The first-order valence-corrected chi connectivity index (χ1v) is 4.29. The first-order valence-electron chi connectivity index (χ1n) is 4.29. The molecule has 0 aromatic carbocycles. The highest BCUT2D eigenvalue weighted by atomic mass is 16.1. The summed E-state index contributed by atoms with van der Waals surface area (Å²) in [5.41, 5.74) is 0.129. The molecule has 1 atom stereocenters. The molecule has 0 aromatic rings. The van der Waals surface area contributed by atoms with Crippen LogP contribution in [0.1, 0.15) is 33.6 Å². The van der Waals surface area contributed by atoms with Crippen molar-refractivity contribution in [2.24, 2.45) is 11.3 Å². The Kier molecular flexibility index (Phi) is 2.21. The Morgan fingerprint density at radius 1 is 1.45 bits per heavy atom. The molecule has 1 aliphatic heterocycles. The Balaban J connectivity index is 2.62. The number of hydrogen-bond donors (Lipinski definition) is 1. The monoisotopic (exact) mass is 155 g/mol. The van der Waals surface area contributed by atoms with Crippen molar-refractivity contribution in [1.29, 1.82) is 0 Å². The van der Waals surface area contributed by atoms with Gasteiger partial charge < -0.3 is 5.32 Å². The van der Waals surface area contributed by atoms with Crippen LogP contribution >= 0.6 is 0 Å². The van der Waals surface area contributed by atoms with Crippen molar-refractivity contribution in [2.75, 3.05) is 6.54 Å². The number of amides is 1. The van der Waals surface area contributed by atoms with E-state index in [0.717, 1.165) is 19.4 Å². The second-order valence-corrected chi connectivity index (χ2v) is 4.35. The van der Waals surface area contributed by atoms with Gasteiger partial charge in [0.05, 0.1) is 0 Å². The topological polar surface area (TPSA) is 29.1 Å². The first kappa shape index (κ1) is 8.57. The first-order chi connectivity index (χ1) is 5.02. The third-order valence-corrected chi connectivity index (χ3v) is 2.33. The Hall–Kier alpha value is -0.530. The van der Waals surface area contributed by atoms with Gasteiger partial charge in [0.25, 0.3) is 0 Å². The lowest BCUT2D eigenvalue weighted by atomic mass is 9.76. The number of carbonyl (C=O) groups excluding carboxylic acids is 1. The number of hydrogen-bond acceptors (Lipinski definition) is 1. The quantitative estimate of drug-likeness (QED) is 0.565. The van der Waals surface area contributed by atoms with Gasteiger partial charge in [-0.25, -0.2) is 0 Å². The average molecular weight is 155 g/mol. The molecule has 64 valence electrons. The van der Waals surface area contributed by atoms with E-state index in [9.17, 15) is 4.79 Å². The molecule has 0 radical (unpaired) electrons. The zero-order valence-corrected chi connectivity index (χ0v) is 7.61. The van der Waals surface area contributed by atoms with Gasteiger partial charge in [-0.15, -0.1) is 0 Å². The van der Waals surface area contributed by atoms with Gasteiger partial charge in [-0.05, 0) is 18.3 Å². The van der Waals surface area contributed by atoms with Crippen LogP contribution in [0.5, 0.6) is 0 Å². The highest BCUT2D eigenvalue weighted by Crippen LogP contribution is 2.31. The van der Waals surface area contributed by atoms with E-state index in [1.807, 2.05) is 0 Å². The molecule has 2 heteroatoms. The maximum atomic E-state index is 11.3. The van der Waals surface area contributed by atoms with E-state index in [-0.39, 0.29) is 17.2 Å². The normalized spacial score (nSPS) is 26.5. The molecular weight excluding hydrogens is 138 g/mol. The summed E-state index contributed by atoms with van der Waals surface area (Å²) in [6.45, 7) is 7.25. The van der Waals surface area contributed by atoms with E-state index >= 15 is 0 Å². The molecule has 1 amide bonds. The SMILES string of the molecule is CC(C)(C)[C@H]1CCCNC1=O. The van der Waals surface area contributed by atoms with E-state index in [0.29, 0.717) is 0 Å². The predicted octanol–water partition coefficient (Wildman–Crippen LogP) is 1.56. The molecule has 0 bridgehead atoms. The molecule has 1 aliphatic rings. The minimum atomic E-state index is 0.129. The minimum Gasteiger partial charge on any atom is -0.356 e. The summed E-state index contributed by atoms with van der Waals surface area (Å²) in [5.74, 6) is 0.458. The summed E-state index contributed by atoms with van der Waals surface area (Å²) in [6.07, 6.45) is 2.18. The second-order valence-electron chi connectivity index (χ2n) is 4.35. The fraction of sp³-hybridized carbons (Fsp3) is 0.889. The lowest BCUT2D eigenvalue weighted by Crippen LogP contribution is -2.42. The van der Waals surface area contributed by atoms with Gasteiger partial charge in [0, 0.05) is 12.5 Å². The van der Waals surface area contributed by atoms with Gasteiger partial charge in [-0.1, -0.05) is 20.8 Å². The summed E-state index contributed by atoms with van der Waals surface area (Å²) >= 11 is 0. The van der Waals surface area contributed by atoms with E-state index in [1.54, 1.807) is 0 Å². The maximum Gasteiger partial charge on any atom is 0.223 e. The van der Waals surface area contributed by atoms with E-state index < -0.39 is 0 Å². The molecule has 0 aliphatic carbocycles. The molecular formula is C9H17NO. The Morgan fingerprint density at radius 2 is 2.09 bits per heavy atom. The third kappa shape index (κ3) is 1.95. The average Bonchev–Trinajstić information content (AvgIpc) is 1.86. The Labute approximate surface area is 68.4 Å². The second kappa shape index (κ2) is 2.84. The smallest absolute Gasteiger partial charge is 0.223 e. The highest BCUT2D eigenvalue weighted by molar-refractivity contribution is 5.79. The lowest BCUT2D eigenvalue weighted by Gasteiger charge is -2.32. The summed E-state index contributed by atoms with van der Waals surface area (Å²) in [6, 6.07) is 0. The zero-order valence-electron chi connectivity index (χ0n) is 7.61. The van der Waals surface area contributed by atoms with Gasteiger partial charge in [0.15, 0.2) is 0 Å². The van der Waals surface area contributed by atoms with Crippen LogP contribution in [0.15, 0.2) is 0 Å². The van der Waals surface area contributed by atoms with Crippen LogP contribution in [0.25, 0.3) is 0 Å². The number of piperidine rings is 1. The molecule has 2 nitrogen and oxygen atoms in total. The van der Waals surface area contributed by atoms with Crippen molar-refractivity contribution in [3.8, 4) is 0 Å². The fourth-order valence-electron chi connectivity index (χ4n) is 1.60. The molecule has 0 unspecified atom stereocenters. The highest BCUT2D eigenvalue weighted by Gasteiger charge is 2.32. The molecule has 1 heterocycles. The molecule has 1 N–H and O–H groups in total. The molecule has 0 spiro atoms. The maximum absolute atomic E-state index is 11.3. The van der Waals surface area contributed by atoms with Gasteiger partial charge >= 0.3 is 0 Å². The Morgan fingerprint density at radius 3 is 2.45 bits per heavy atom. The van der Waals surface area contributed by atoms with Crippen molar-refractivity contribution >= 4 is 5.91 Å². The zero-order chi connectivity index (χ0) is 8.48. The van der Waals surface area contributed by atoms with E-state index in [1.165, 1.54) is 0 Å². The van der Waals surface area contributed by atoms with Crippen molar-refractivity contribution in [3.63, 3.8) is 0 Å². The van der Waals surface area contributed by atoms with Crippen LogP contribution in [-0.2, 0) is 4.79 Å². The van der Waals surface area contributed by atoms with Crippen LogP contribution in [0.4, 0.5) is 0 Å². The van der Waals surface area contributed by atoms with Crippen molar-refractivity contribution < 1.29 is 4.79 Å². The largest absolute Gasteiger partial charge is 0.356 e. The fourth-order valence-corrected chi connectivity index (χ4v) is 1.60. The lowest BCUT2D eigenvalue weighted by molar-refractivity contribution is -0.130. The van der Waals surface area contributed by atoms with Crippen molar-refractivity contribution in [1.82, 2.24) is 5.32 Å². The van der Waals surface area contributed by atoms with Crippen molar-refractivity contribution in [3.05, 3.63) is 0 Å². The summed E-state index contributed by atoms with van der Waals surface area (Å²) in [7, 11) is 0. The Bertz CT molecular complexity index is 157. The van der Waals surface area contributed by atoms with Gasteiger partial charge in [0.2, 0.25) is 5.91 Å². The summed E-state index contributed by atoms with van der Waals surface area (Å²) in [5, 5.41) is 2.90.